The first-order valence-corrected chi connectivity index (χ1v) is 5.34. The number of aryl methyl sites for hydroxylation is 1. The molecule has 0 saturated heterocycles. The molecular weight excluding hydrogens is 192 g/mol. The summed E-state index contributed by atoms with van der Waals surface area (Å²) in [6.45, 7) is 3.21. The summed E-state index contributed by atoms with van der Waals surface area (Å²) in [7, 11) is -1.68. The summed E-state index contributed by atoms with van der Waals surface area (Å²) in [6, 6.07) is 0. The van der Waals surface area contributed by atoms with Gasteiger partial charge in [0.05, 0.1) is 11.4 Å². The van der Waals surface area contributed by atoms with Crippen LogP contribution in [0.1, 0.15) is 13.8 Å². The molecule has 0 radical (unpaired) electrons. The molecule has 0 amide bonds. The van der Waals surface area contributed by atoms with E-state index in [1.165, 1.54) is 10.9 Å². The van der Waals surface area contributed by atoms with E-state index in [2.05, 4.69) is 15.0 Å². The first kappa shape index (κ1) is 9.97. The van der Waals surface area contributed by atoms with Gasteiger partial charge in [-0.05, 0) is 13.8 Å². The predicted molar refractivity (Wildman–Crippen MR) is 48.7 cm³/mol. The maximum Gasteiger partial charge on any atom is 0.236 e. The third kappa shape index (κ3) is 2.18. The van der Waals surface area contributed by atoms with Gasteiger partial charge >= 0.3 is 0 Å². The fourth-order valence-electron chi connectivity index (χ4n) is 0.646. The number of nitrogens with one attached hydrogen (secondary N) is 1. The van der Waals surface area contributed by atoms with Gasteiger partial charge < -0.3 is 0 Å². The van der Waals surface area contributed by atoms with Crippen LogP contribution in [-0.4, -0.2) is 28.7 Å². The lowest BCUT2D eigenvalue weighted by Crippen LogP contribution is -2.23. The summed E-state index contributed by atoms with van der Waals surface area (Å²) in [5.74, 6) is 0.369. The van der Waals surface area contributed by atoms with Gasteiger partial charge in [-0.25, -0.2) is 13.1 Å². The molecule has 0 saturated carbocycles. The van der Waals surface area contributed by atoms with Crippen molar-refractivity contribution in [3.05, 3.63) is 6.20 Å². The average molecular weight is 204 g/mol. The topological polar surface area (TPSA) is 76.9 Å². The van der Waals surface area contributed by atoms with Crippen molar-refractivity contribution >= 4 is 15.8 Å². The van der Waals surface area contributed by atoms with Crippen molar-refractivity contribution in [2.45, 2.75) is 19.1 Å². The molecule has 6 nitrogen and oxygen atoms in total. The van der Waals surface area contributed by atoms with Crippen LogP contribution in [0.5, 0.6) is 0 Å². The summed E-state index contributed by atoms with van der Waals surface area (Å²) in [4.78, 5) is 0. The van der Waals surface area contributed by atoms with Gasteiger partial charge in [0.2, 0.25) is 10.0 Å². The highest BCUT2D eigenvalue weighted by Crippen LogP contribution is 2.07. The molecule has 1 aromatic heterocycles. The molecule has 1 aromatic rings. The zero-order valence-corrected chi connectivity index (χ0v) is 8.54. The standard InChI is InChI=1S/C6H12N4O2S/c1-5(2)13(11,12)8-6-4-7-9-10(6)3/h4-5,8H,1-3H3. The summed E-state index contributed by atoms with van der Waals surface area (Å²) >= 11 is 0. The van der Waals surface area contributed by atoms with Crippen molar-refractivity contribution in [1.82, 2.24) is 15.0 Å². The Morgan fingerprint density at radius 3 is 2.54 bits per heavy atom. The van der Waals surface area contributed by atoms with Gasteiger partial charge in [-0.1, -0.05) is 5.21 Å². The van der Waals surface area contributed by atoms with Gasteiger partial charge in [-0.15, -0.1) is 5.10 Å². The van der Waals surface area contributed by atoms with Gasteiger partial charge in [-0.2, -0.15) is 0 Å². The summed E-state index contributed by atoms with van der Waals surface area (Å²) in [5.41, 5.74) is 0. The predicted octanol–water partition coefficient (Wildman–Crippen LogP) is -0.0348. The van der Waals surface area contributed by atoms with Crippen molar-refractivity contribution < 1.29 is 8.42 Å². The Hall–Kier alpha value is -1.11. The van der Waals surface area contributed by atoms with Crippen LogP contribution in [0.2, 0.25) is 0 Å². The highest BCUT2D eigenvalue weighted by molar-refractivity contribution is 7.93. The lowest BCUT2D eigenvalue weighted by Gasteiger charge is -2.09. The van der Waals surface area contributed by atoms with Crippen LogP contribution in [0.15, 0.2) is 6.20 Å². The maximum atomic E-state index is 11.4. The fourth-order valence-corrected chi connectivity index (χ4v) is 1.36. The molecule has 1 rings (SSSR count). The second kappa shape index (κ2) is 3.33. The lowest BCUT2D eigenvalue weighted by atomic mass is 10.6. The number of hydrogen-bond acceptors (Lipinski definition) is 4. The SMILES string of the molecule is CC(C)S(=O)(=O)Nc1cnnn1C. The van der Waals surface area contributed by atoms with E-state index in [1.54, 1.807) is 20.9 Å². The normalized spacial score (nSPS) is 12.0. The van der Waals surface area contributed by atoms with Gasteiger partial charge in [-0.3, -0.25) is 4.72 Å². The van der Waals surface area contributed by atoms with Gasteiger partial charge in [0.1, 0.15) is 0 Å². The van der Waals surface area contributed by atoms with E-state index in [0.717, 1.165) is 0 Å². The van der Waals surface area contributed by atoms with E-state index < -0.39 is 15.3 Å². The van der Waals surface area contributed by atoms with E-state index in [-0.39, 0.29) is 0 Å². The Kier molecular flexibility index (Phi) is 2.55. The molecule has 0 spiro atoms. The highest BCUT2D eigenvalue weighted by Gasteiger charge is 2.16. The number of rotatable bonds is 3. The molecule has 7 heteroatoms. The smallest absolute Gasteiger partial charge is 0.236 e. The summed E-state index contributed by atoms with van der Waals surface area (Å²) in [5, 5.41) is 6.68. The second-order valence-corrected chi connectivity index (χ2v) is 5.18. The largest absolute Gasteiger partial charge is 0.266 e. The van der Waals surface area contributed by atoms with Crippen LogP contribution in [0, 0.1) is 0 Å². The molecule has 0 atom stereocenters. The summed E-state index contributed by atoms with van der Waals surface area (Å²) < 4.78 is 26.5. The Morgan fingerprint density at radius 1 is 1.54 bits per heavy atom. The first-order chi connectivity index (χ1) is 5.93. The number of hydrogen-bond donors (Lipinski definition) is 1. The first-order valence-electron chi connectivity index (χ1n) is 3.80. The zero-order valence-electron chi connectivity index (χ0n) is 7.72. The molecule has 0 aromatic carbocycles. The minimum Gasteiger partial charge on any atom is -0.266 e. The molecule has 0 aliphatic heterocycles. The monoisotopic (exact) mass is 204 g/mol. The number of sulfonamides is 1. The summed E-state index contributed by atoms with van der Waals surface area (Å²) in [6.07, 6.45) is 1.36. The third-order valence-electron chi connectivity index (χ3n) is 1.58. The average Bonchev–Trinajstić information content (AvgIpc) is 2.35. The molecule has 0 fully saturated rings. The molecule has 0 aliphatic carbocycles. The van der Waals surface area contributed by atoms with E-state index >= 15 is 0 Å². The Bertz CT molecular complexity index is 381. The second-order valence-electron chi connectivity index (χ2n) is 2.94. The van der Waals surface area contributed by atoms with Crippen LogP contribution < -0.4 is 4.72 Å². The van der Waals surface area contributed by atoms with Crippen LogP contribution in [0.25, 0.3) is 0 Å². The van der Waals surface area contributed by atoms with E-state index in [9.17, 15) is 8.42 Å². The van der Waals surface area contributed by atoms with Gasteiger partial charge in [0.25, 0.3) is 0 Å². The van der Waals surface area contributed by atoms with Gasteiger partial charge in [0, 0.05) is 7.05 Å². The maximum absolute atomic E-state index is 11.4. The van der Waals surface area contributed by atoms with Crippen LogP contribution >= 0.6 is 0 Å². The van der Waals surface area contributed by atoms with Crippen molar-refractivity contribution in [1.29, 1.82) is 0 Å². The molecule has 0 unspecified atom stereocenters. The van der Waals surface area contributed by atoms with Crippen LogP contribution in [0.4, 0.5) is 5.82 Å². The molecule has 0 bridgehead atoms. The Morgan fingerprint density at radius 2 is 2.15 bits per heavy atom. The minimum atomic E-state index is -3.29. The number of nitrogens with zero attached hydrogens (tertiary/aromatic N) is 3. The Labute approximate surface area is 77.0 Å². The molecule has 0 aliphatic rings. The Balaban J connectivity index is 2.88. The third-order valence-corrected chi connectivity index (χ3v) is 3.32. The van der Waals surface area contributed by atoms with Gasteiger partial charge in [0.15, 0.2) is 5.82 Å². The van der Waals surface area contributed by atoms with Crippen LogP contribution in [-0.2, 0) is 17.1 Å². The molecule has 74 valence electrons. The van der Waals surface area contributed by atoms with E-state index in [1.807, 2.05) is 0 Å². The molecule has 13 heavy (non-hydrogen) atoms. The van der Waals surface area contributed by atoms with Crippen molar-refractivity contribution in [3.8, 4) is 0 Å². The van der Waals surface area contributed by atoms with Crippen molar-refractivity contribution in [2.75, 3.05) is 4.72 Å². The van der Waals surface area contributed by atoms with Crippen molar-refractivity contribution in [3.63, 3.8) is 0 Å². The zero-order chi connectivity index (χ0) is 10.1. The number of anilines is 1. The quantitative estimate of drug-likeness (QED) is 0.749. The molecule has 1 N–H and O–H groups in total. The highest BCUT2D eigenvalue weighted by atomic mass is 32.2. The minimum absolute atomic E-state index is 0.369. The van der Waals surface area contributed by atoms with E-state index in [4.69, 9.17) is 0 Å². The lowest BCUT2D eigenvalue weighted by molar-refractivity contribution is 0.591. The van der Waals surface area contributed by atoms with E-state index in [0.29, 0.717) is 5.82 Å². The molecule has 1 heterocycles. The van der Waals surface area contributed by atoms with Crippen LogP contribution in [0.3, 0.4) is 0 Å². The fraction of sp³-hybridized carbons (Fsp3) is 0.667. The number of aromatic nitrogens is 3. The van der Waals surface area contributed by atoms with Crippen molar-refractivity contribution in [2.24, 2.45) is 7.05 Å². The molecular formula is C6H12N4O2S.